The van der Waals surface area contributed by atoms with E-state index in [2.05, 4.69) is 37.2 Å². The lowest BCUT2D eigenvalue weighted by Gasteiger charge is -2.13. The fourth-order valence-electron chi connectivity index (χ4n) is 1.75. The minimum atomic E-state index is 0.121. The number of phenolic OH excluding ortho intramolecular Hbond substituents is 1. The molecule has 0 radical (unpaired) electrons. The van der Waals surface area contributed by atoms with E-state index in [1.54, 1.807) is 6.07 Å². The van der Waals surface area contributed by atoms with Crippen molar-refractivity contribution in [2.45, 2.75) is 13.5 Å². The summed E-state index contributed by atoms with van der Waals surface area (Å²) in [6.45, 7) is 2.52. The van der Waals surface area contributed by atoms with Crippen LogP contribution in [0.5, 0.6) is 5.75 Å². The Morgan fingerprint density at radius 3 is 2.47 bits per heavy atom. The van der Waals surface area contributed by atoms with Gasteiger partial charge in [-0.25, -0.2) is 0 Å². The van der Waals surface area contributed by atoms with Crippen molar-refractivity contribution >= 4 is 49.1 Å². The summed E-state index contributed by atoms with van der Waals surface area (Å²) in [7, 11) is 0. The third-order valence-corrected chi connectivity index (χ3v) is 4.27. The van der Waals surface area contributed by atoms with Crippen LogP contribution >= 0.6 is 43.5 Å². The smallest absolute Gasteiger partial charge is 0.139 e. The van der Waals surface area contributed by atoms with Gasteiger partial charge in [-0.05, 0) is 62.5 Å². The normalized spacial score (nSPS) is 10.5. The Labute approximate surface area is 134 Å². The molecule has 0 unspecified atom stereocenters. The molecule has 0 bridgehead atoms. The van der Waals surface area contributed by atoms with Crippen LogP contribution in [0.2, 0.25) is 5.02 Å². The molecule has 2 nitrogen and oxygen atoms in total. The van der Waals surface area contributed by atoms with Crippen LogP contribution in [0.15, 0.2) is 39.3 Å². The van der Waals surface area contributed by atoms with Crippen molar-refractivity contribution in [2.75, 3.05) is 5.32 Å². The second kappa shape index (κ2) is 6.16. The maximum Gasteiger partial charge on any atom is 0.139 e. The Bertz CT molecular complexity index is 593. The van der Waals surface area contributed by atoms with E-state index in [1.165, 1.54) is 0 Å². The molecule has 0 aliphatic heterocycles. The fraction of sp³-hybridized carbons (Fsp3) is 0.143. The van der Waals surface area contributed by atoms with Crippen LogP contribution in [0, 0.1) is 6.92 Å². The number of aryl methyl sites for hydroxylation is 1. The van der Waals surface area contributed by atoms with Gasteiger partial charge in [-0.2, -0.15) is 0 Å². The van der Waals surface area contributed by atoms with Gasteiger partial charge in [0.15, 0.2) is 0 Å². The first-order valence-corrected chi connectivity index (χ1v) is 7.61. The number of phenols is 1. The van der Waals surface area contributed by atoms with E-state index in [9.17, 15) is 5.11 Å². The molecule has 0 aromatic heterocycles. The molecule has 0 atom stereocenters. The Balaban J connectivity index is 2.22. The molecule has 0 saturated heterocycles. The van der Waals surface area contributed by atoms with Gasteiger partial charge in [-0.1, -0.05) is 23.7 Å². The predicted molar refractivity (Wildman–Crippen MR) is 87.0 cm³/mol. The van der Waals surface area contributed by atoms with Gasteiger partial charge in [0, 0.05) is 21.1 Å². The Morgan fingerprint density at radius 1 is 1.21 bits per heavy atom. The summed E-state index contributed by atoms with van der Waals surface area (Å²) >= 11 is 12.9. The highest BCUT2D eigenvalue weighted by atomic mass is 79.9. The summed E-state index contributed by atoms with van der Waals surface area (Å²) in [4.78, 5) is 0. The van der Waals surface area contributed by atoms with Gasteiger partial charge in [0.1, 0.15) is 5.75 Å². The summed E-state index contributed by atoms with van der Waals surface area (Å²) in [5, 5.41) is 13.5. The van der Waals surface area contributed by atoms with Gasteiger partial charge in [0.05, 0.1) is 10.7 Å². The second-order valence-corrected chi connectivity index (χ2v) is 6.32. The number of anilines is 1. The number of hydrogen-bond acceptors (Lipinski definition) is 2. The molecule has 2 aromatic rings. The highest BCUT2D eigenvalue weighted by Gasteiger charge is 2.08. The van der Waals surface area contributed by atoms with E-state index in [0.717, 1.165) is 25.8 Å². The van der Waals surface area contributed by atoms with Gasteiger partial charge < -0.3 is 10.4 Å². The van der Waals surface area contributed by atoms with E-state index >= 15 is 0 Å². The summed E-state index contributed by atoms with van der Waals surface area (Å²) in [6.07, 6.45) is 0. The second-order valence-electron chi connectivity index (χ2n) is 4.20. The van der Waals surface area contributed by atoms with Crippen LogP contribution in [0.25, 0.3) is 0 Å². The van der Waals surface area contributed by atoms with Crippen molar-refractivity contribution in [2.24, 2.45) is 0 Å². The van der Waals surface area contributed by atoms with Gasteiger partial charge in [0.2, 0.25) is 0 Å². The van der Waals surface area contributed by atoms with Crippen molar-refractivity contribution in [1.29, 1.82) is 0 Å². The van der Waals surface area contributed by atoms with E-state index < -0.39 is 0 Å². The maximum atomic E-state index is 9.86. The first-order valence-electron chi connectivity index (χ1n) is 5.65. The lowest BCUT2D eigenvalue weighted by molar-refractivity contribution is 0.469. The van der Waals surface area contributed by atoms with Crippen LogP contribution in [-0.2, 0) is 6.54 Å². The number of nitrogens with one attached hydrogen (secondary N) is 1. The van der Waals surface area contributed by atoms with Crippen LogP contribution in [0.4, 0.5) is 5.69 Å². The average Bonchev–Trinajstić information content (AvgIpc) is 2.33. The quantitative estimate of drug-likeness (QED) is 0.708. The molecule has 0 amide bonds. The standard InChI is InChI=1S/C14H12Br2ClNO/c1-8-5-10(15)13(11(16)6-8)18-7-9-3-2-4-12(17)14(9)19/h2-6,18-19H,7H2,1H3. The van der Waals surface area contributed by atoms with E-state index in [0.29, 0.717) is 11.6 Å². The summed E-state index contributed by atoms with van der Waals surface area (Å²) in [6, 6.07) is 9.39. The third kappa shape index (κ3) is 3.44. The zero-order chi connectivity index (χ0) is 14.0. The zero-order valence-electron chi connectivity index (χ0n) is 10.2. The molecule has 0 saturated carbocycles. The van der Waals surface area contributed by atoms with E-state index in [1.807, 2.05) is 31.2 Å². The van der Waals surface area contributed by atoms with Gasteiger partial charge in [-0.3, -0.25) is 0 Å². The Hall–Kier alpha value is -0.710. The number of rotatable bonds is 3. The maximum absolute atomic E-state index is 9.86. The first kappa shape index (κ1) is 14.7. The molecule has 0 fully saturated rings. The zero-order valence-corrected chi connectivity index (χ0v) is 14.1. The topological polar surface area (TPSA) is 32.3 Å². The number of halogens is 3. The van der Waals surface area contributed by atoms with Crippen LogP contribution in [0.1, 0.15) is 11.1 Å². The lowest BCUT2D eigenvalue weighted by Crippen LogP contribution is -2.01. The third-order valence-electron chi connectivity index (χ3n) is 2.71. The molecule has 2 aromatic carbocycles. The van der Waals surface area contributed by atoms with Crippen LogP contribution in [0.3, 0.4) is 0 Å². The molecule has 5 heteroatoms. The Morgan fingerprint density at radius 2 is 1.84 bits per heavy atom. The highest BCUT2D eigenvalue weighted by molar-refractivity contribution is 9.11. The largest absolute Gasteiger partial charge is 0.506 e. The molecule has 0 spiro atoms. The van der Waals surface area contributed by atoms with Crippen molar-refractivity contribution < 1.29 is 5.11 Å². The van der Waals surface area contributed by atoms with Crippen molar-refractivity contribution in [3.63, 3.8) is 0 Å². The summed E-state index contributed by atoms with van der Waals surface area (Å²) < 4.78 is 1.95. The van der Waals surface area contributed by atoms with E-state index in [-0.39, 0.29) is 5.75 Å². The molecule has 2 N–H and O–H groups in total. The number of hydrogen-bond donors (Lipinski definition) is 2. The van der Waals surface area contributed by atoms with Gasteiger partial charge in [-0.15, -0.1) is 0 Å². The summed E-state index contributed by atoms with van der Waals surface area (Å²) in [5.74, 6) is 0.121. The molecule has 100 valence electrons. The number of benzene rings is 2. The van der Waals surface area contributed by atoms with Crippen molar-refractivity contribution in [1.82, 2.24) is 0 Å². The van der Waals surface area contributed by atoms with Crippen LogP contribution < -0.4 is 5.32 Å². The highest BCUT2D eigenvalue weighted by Crippen LogP contribution is 2.34. The molecule has 2 rings (SSSR count). The minimum Gasteiger partial charge on any atom is -0.506 e. The fourth-order valence-corrected chi connectivity index (χ4v) is 3.64. The van der Waals surface area contributed by atoms with Crippen LogP contribution in [-0.4, -0.2) is 5.11 Å². The first-order chi connectivity index (χ1) is 8.99. The molecule has 19 heavy (non-hydrogen) atoms. The minimum absolute atomic E-state index is 0.121. The molecular formula is C14H12Br2ClNO. The SMILES string of the molecule is Cc1cc(Br)c(NCc2cccc(Cl)c2O)c(Br)c1. The number of para-hydroxylation sites is 1. The van der Waals surface area contributed by atoms with Gasteiger partial charge in [0.25, 0.3) is 0 Å². The monoisotopic (exact) mass is 403 g/mol. The van der Waals surface area contributed by atoms with Gasteiger partial charge >= 0.3 is 0 Å². The summed E-state index contributed by atoms with van der Waals surface area (Å²) in [5.41, 5.74) is 2.87. The number of aromatic hydroxyl groups is 1. The molecule has 0 aliphatic rings. The lowest BCUT2D eigenvalue weighted by atomic mass is 10.2. The van der Waals surface area contributed by atoms with Crippen molar-refractivity contribution in [3.05, 3.63) is 55.4 Å². The molecule has 0 aliphatic carbocycles. The average molecular weight is 406 g/mol. The molecular weight excluding hydrogens is 393 g/mol. The van der Waals surface area contributed by atoms with Crippen molar-refractivity contribution in [3.8, 4) is 5.75 Å². The Kier molecular flexibility index (Phi) is 4.76. The predicted octanol–water partition coefficient (Wildman–Crippen LogP) is 5.49. The molecule has 0 heterocycles. The van der Waals surface area contributed by atoms with E-state index in [4.69, 9.17) is 11.6 Å².